The first-order valence-electron chi connectivity index (χ1n) is 12.5. The molecule has 2 aliphatic rings. The second-order valence-electron chi connectivity index (χ2n) is 9.77. The Kier molecular flexibility index (Phi) is 7.62. The minimum Gasteiger partial charge on any atom is -0.485 e. The fourth-order valence-electron chi connectivity index (χ4n) is 4.86. The molecule has 2 bridgehead atoms. The first-order valence-corrected chi connectivity index (χ1v) is 14.7. The lowest BCUT2D eigenvalue weighted by Crippen LogP contribution is -2.69. The highest BCUT2D eigenvalue weighted by Gasteiger charge is 2.67. The van der Waals surface area contributed by atoms with Crippen molar-refractivity contribution in [1.29, 1.82) is 0 Å². The summed E-state index contributed by atoms with van der Waals surface area (Å²) >= 11 is 12.5. The predicted molar refractivity (Wildman–Crippen MR) is 145 cm³/mol. The van der Waals surface area contributed by atoms with Crippen LogP contribution in [-0.4, -0.2) is 47.4 Å². The Morgan fingerprint density at radius 2 is 1.85 bits per heavy atom. The standard InChI is InChI=1S/C28H28Cl2O8S/c1-17-23(37-25(18-7-3-2-4-8-18)13-19-10-11-20(29)14-22(19)30)15-21-16-24(17)38-28(33,39(21,34)35)27(31,32)26-9-5-6-12-36-26/h2-4,7-8,10-11,14-16,25-26,31-33H,5-6,9,12-13H2,1H3. The van der Waals surface area contributed by atoms with E-state index in [-0.39, 0.29) is 29.4 Å². The van der Waals surface area contributed by atoms with Gasteiger partial charge in [-0.3, -0.25) is 0 Å². The van der Waals surface area contributed by atoms with Crippen molar-refractivity contribution in [1.82, 2.24) is 0 Å². The molecule has 3 aromatic rings. The van der Waals surface area contributed by atoms with E-state index in [4.69, 9.17) is 37.4 Å². The fourth-order valence-corrected chi connectivity index (χ4v) is 6.91. The number of hydrogen-bond acceptors (Lipinski definition) is 8. The molecule has 0 saturated carbocycles. The van der Waals surface area contributed by atoms with Crippen molar-refractivity contribution in [3.8, 4) is 11.5 Å². The fraction of sp³-hybridized carbons (Fsp3) is 0.357. The normalized spacial score (nSPS) is 23.1. The number of sulfone groups is 1. The molecule has 3 unspecified atom stereocenters. The topological polar surface area (TPSA) is 123 Å². The van der Waals surface area contributed by atoms with Crippen molar-refractivity contribution in [3.63, 3.8) is 0 Å². The van der Waals surface area contributed by atoms with Crippen LogP contribution in [-0.2, 0) is 21.0 Å². The third-order valence-electron chi connectivity index (χ3n) is 7.16. The van der Waals surface area contributed by atoms with Gasteiger partial charge in [-0.2, -0.15) is 0 Å². The van der Waals surface area contributed by atoms with Gasteiger partial charge in [0.2, 0.25) is 0 Å². The average molecular weight is 595 g/mol. The van der Waals surface area contributed by atoms with Crippen molar-refractivity contribution >= 4 is 33.0 Å². The van der Waals surface area contributed by atoms with Gasteiger partial charge in [0, 0.05) is 28.6 Å². The van der Waals surface area contributed by atoms with Crippen molar-refractivity contribution in [2.75, 3.05) is 6.61 Å². The largest absolute Gasteiger partial charge is 0.485 e. The van der Waals surface area contributed by atoms with E-state index in [1.807, 2.05) is 30.3 Å². The Morgan fingerprint density at radius 3 is 2.51 bits per heavy atom. The zero-order valence-corrected chi connectivity index (χ0v) is 23.3. The van der Waals surface area contributed by atoms with E-state index in [0.29, 0.717) is 34.9 Å². The van der Waals surface area contributed by atoms with Gasteiger partial charge >= 0.3 is 5.12 Å². The van der Waals surface area contributed by atoms with Crippen LogP contribution >= 0.6 is 23.2 Å². The zero-order chi connectivity index (χ0) is 28.0. The van der Waals surface area contributed by atoms with E-state index < -0.39 is 33.0 Å². The Labute approximate surface area is 236 Å². The lowest BCUT2D eigenvalue weighted by molar-refractivity contribution is -0.348. The molecule has 39 heavy (non-hydrogen) atoms. The second kappa shape index (κ2) is 10.6. The summed E-state index contributed by atoms with van der Waals surface area (Å²) in [7, 11) is -4.84. The lowest BCUT2D eigenvalue weighted by Gasteiger charge is -2.44. The Bertz CT molecular complexity index is 1470. The number of aliphatic hydroxyl groups is 3. The summed E-state index contributed by atoms with van der Waals surface area (Å²) in [5.41, 5.74) is 1.94. The highest BCUT2D eigenvalue weighted by atomic mass is 35.5. The molecule has 8 nitrogen and oxygen atoms in total. The molecule has 3 aromatic carbocycles. The predicted octanol–water partition coefficient (Wildman–Crippen LogP) is 4.73. The molecule has 0 amide bonds. The van der Waals surface area contributed by atoms with Gasteiger partial charge in [-0.15, -0.1) is 0 Å². The number of rotatable bonds is 7. The molecule has 0 radical (unpaired) electrons. The van der Waals surface area contributed by atoms with Crippen LogP contribution in [0, 0.1) is 6.92 Å². The molecule has 1 saturated heterocycles. The highest BCUT2D eigenvalue weighted by molar-refractivity contribution is 7.92. The lowest BCUT2D eigenvalue weighted by atomic mass is 10.00. The minimum absolute atomic E-state index is 0.0700. The van der Waals surface area contributed by atoms with E-state index >= 15 is 0 Å². The monoisotopic (exact) mass is 594 g/mol. The van der Waals surface area contributed by atoms with E-state index in [1.165, 1.54) is 12.1 Å². The maximum Gasteiger partial charge on any atom is 0.375 e. The first-order chi connectivity index (χ1) is 18.4. The molecule has 208 valence electrons. The quantitative estimate of drug-likeness (QED) is 0.336. The summed E-state index contributed by atoms with van der Waals surface area (Å²) in [6.45, 7) is 1.82. The van der Waals surface area contributed by atoms with Crippen molar-refractivity contribution in [2.24, 2.45) is 0 Å². The molecule has 1 fully saturated rings. The van der Waals surface area contributed by atoms with Crippen molar-refractivity contribution in [3.05, 3.63) is 87.4 Å². The molecule has 2 heterocycles. The average Bonchev–Trinajstić information content (AvgIpc) is 2.91. The van der Waals surface area contributed by atoms with Gasteiger partial charge in [-0.05, 0) is 61.6 Å². The van der Waals surface area contributed by atoms with Crippen LogP contribution in [0.15, 0.2) is 65.6 Å². The molecule has 11 heteroatoms. The summed E-state index contributed by atoms with van der Waals surface area (Å²) in [4.78, 5) is -0.383. The molecule has 3 N–H and O–H groups in total. The van der Waals surface area contributed by atoms with Crippen LogP contribution in [0.3, 0.4) is 0 Å². The van der Waals surface area contributed by atoms with Crippen LogP contribution in [0.1, 0.15) is 42.1 Å². The summed E-state index contributed by atoms with van der Waals surface area (Å²) in [6.07, 6.45) is -0.213. The number of fused-ring (bicyclic) bond motifs is 2. The van der Waals surface area contributed by atoms with Gasteiger partial charge in [0.15, 0.2) is 0 Å². The molecular weight excluding hydrogens is 567 g/mol. The Balaban J connectivity index is 1.52. The molecule has 2 aliphatic heterocycles. The molecular formula is C28H28Cl2O8S. The van der Waals surface area contributed by atoms with Gasteiger partial charge in [-0.25, -0.2) is 8.42 Å². The number of hydrogen-bond donors (Lipinski definition) is 3. The number of halogens is 2. The van der Waals surface area contributed by atoms with Crippen LogP contribution < -0.4 is 9.47 Å². The van der Waals surface area contributed by atoms with Gasteiger partial charge in [0.05, 0.1) is 4.90 Å². The first kappa shape index (κ1) is 28.2. The highest BCUT2D eigenvalue weighted by Crippen LogP contribution is 2.47. The zero-order valence-electron chi connectivity index (χ0n) is 21.0. The smallest absolute Gasteiger partial charge is 0.375 e. The van der Waals surface area contributed by atoms with Gasteiger partial charge in [0.25, 0.3) is 15.6 Å². The van der Waals surface area contributed by atoms with Gasteiger partial charge < -0.3 is 29.5 Å². The molecule has 5 rings (SSSR count). The van der Waals surface area contributed by atoms with Crippen molar-refractivity contribution < 1.29 is 37.9 Å². The minimum atomic E-state index is -4.84. The Hall–Kier alpha value is -2.37. The third kappa shape index (κ3) is 5.02. The summed E-state index contributed by atoms with van der Waals surface area (Å²) in [6, 6.07) is 17.0. The molecule has 3 atom stereocenters. The maximum absolute atomic E-state index is 13.5. The SMILES string of the molecule is Cc1c(OC(Cc2ccc(Cl)cc2Cl)c2ccccc2)cc2cc1OC(O)(C(O)(O)C1CCCCO1)S2(=O)=O. The summed E-state index contributed by atoms with van der Waals surface area (Å²) in [5.74, 6) is -3.12. The van der Waals surface area contributed by atoms with Gasteiger partial charge in [-0.1, -0.05) is 59.6 Å². The van der Waals surface area contributed by atoms with Crippen LogP contribution in [0.2, 0.25) is 10.0 Å². The van der Waals surface area contributed by atoms with E-state index in [0.717, 1.165) is 11.1 Å². The van der Waals surface area contributed by atoms with E-state index in [1.54, 1.807) is 25.1 Å². The molecule has 0 spiro atoms. The second-order valence-corrected chi connectivity index (χ2v) is 12.6. The van der Waals surface area contributed by atoms with E-state index in [9.17, 15) is 23.7 Å². The summed E-state index contributed by atoms with van der Waals surface area (Å²) in [5, 5.41) is 30.6. The van der Waals surface area contributed by atoms with Gasteiger partial charge in [0.1, 0.15) is 23.7 Å². The third-order valence-corrected chi connectivity index (χ3v) is 9.72. The van der Waals surface area contributed by atoms with Crippen LogP contribution in [0.4, 0.5) is 0 Å². The van der Waals surface area contributed by atoms with E-state index in [2.05, 4.69) is 0 Å². The van der Waals surface area contributed by atoms with Crippen molar-refractivity contribution in [2.45, 2.75) is 60.6 Å². The number of ether oxygens (including phenoxy) is 3. The summed E-state index contributed by atoms with van der Waals surface area (Å²) < 4.78 is 44.3. The molecule has 0 aromatic heterocycles. The number of benzene rings is 3. The molecule has 0 aliphatic carbocycles. The maximum atomic E-state index is 13.5. The van der Waals surface area contributed by atoms with Crippen LogP contribution in [0.5, 0.6) is 11.5 Å². The van der Waals surface area contributed by atoms with Crippen LogP contribution in [0.25, 0.3) is 0 Å². The Morgan fingerprint density at radius 1 is 1.10 bits per heavy atom.